The summed E-state index contributed by atoms with van der Waals surface area (Å²) in [5, 5.41) is 0. The topological polar surface area (TPSA) is 87.6 Å². The molecule has 0 radical (unpaired) electrons. The molecule has 0 aliphatic heterocycles. The summed E-state index contributed by atoms with van der Waals surface area (Å²) >= 11 is 0. The van der Waals surface area contributed by atoms with Crippen molar-refractivity contribution in [1.29, 1.82) is 0 Å². The fourth-order valence-electron chi connectivity index (χ4n) is 3.76. The number of hydrogen-bond acceptors (Lipinski definition) is 5. The van der Waals surface area contributed by atoms with Gasteiger partial charge >= 0.3 is 10.4 Å². The fraction of sp³-hybridized carbons (Fsp3) is 1.00. The molecular formula is C24H53NO4S. The maximum absolute atomic E-state index is 11.6. The first kappa shape index (κ1) is 32.0. The molecule has 0 aromatic carbocycles. The largest absolute Gasteiger partial charge is 0.400 e. The average molecular weight is 452 g/mol. The lowest BCUT2D eigenvalue weighted by Gasteiger charge is -2.23. The zero-order chi connectivity index (χ0) is 21.8. The monoisotopic (exact) mass is 451 g/mol. The third-order valence-corrected chi connectivity index (χ3v) is 6.65. The highest BCUT2D eigenvalue weighted by Crippen LogP contribution is 2.22. The Morgan fingerprint density at radius 1 is 0.600 bits per heavy atom. The van der Waals surface area contributed by atoms with Crippen LogP contribution < -0.4 is 6.15 Å². The van der Waals surface area contributed by atoms with Crippen LogP contribution in [0, 0.1) is 0 Å². The van der Waals surface area contributed by atoms with Crippen LogP contribution in [0.3, 0.4) is 0 Å². The van der Waals surface area contributed by atoms with Crippen molar-refractivity contribution in [3.63, 3.8) is 0 Å². The molecule has 5 nitrogen and oxygen atoms in total. The van der Waals surface area contributed by atoms with Gasteiger partial charge in [0.25, 0.3) is 0 Å². The fourth-order valence-corrected chi connectivity index (χ4v) is 4.73. The quantitative estimate of drug-likeness (QED) is 0.167. The molecule has 0 bridgehead atoms. The lowest BCUT2D eigenvalue weighted by atomic mass is 9.99. The van der Waals surface area contributed by atoms with Crippen molar-refractivity contribution >= 4 is 10.4 Å². The number of hydrogen-bond donors (Lipinski definition) is 1. The van der Waals surface area contributed by atoms with E-state index in [4.69, 9.17) is 4.18 Å². The minimum atomic E-state index is -3.86. The SMILES string of the molecule is CCCCCCCCCCCCCCCCCCCC(C)(C)OS(=O)(=O)OCC.N. The van der Waals surface area contributed by atoms with E-state index in [1.54, 1.807) is 6.92 Å². The van der Waals surface area contributed by atoms with Gasteiger partial charge in [0, 0.05) is 0 Å². The lowest BCUT2D eigenvalue weighted by molar-refractivity contribution is 0.0775. The molecule has 6 heteroatoms. The van der Waals surface area contributed by atoms with Gasteiger partial charge in [-0.3, -0.25) is 0 Å². The van der Waals surface area contributed by atoms with Crippen LogP contribution in [0.25, 0.3) is 0 Å². The molecule has 0 aliphatic carbocycles. The summed E-state index contributed by atoms with van der Waals surface area (Å²) < 4.78 is 33.0. The predicted octanol–water partition coefficient (Wildman–Crippen LogP) is 8.27. The van der Waals surface area contributed by atoms with Gasteiger partial charge in [0.05, 0.1) is 12.2 Å². The molecule has 3 N–H and O–H groups in total. The summed E-state index contributed by atoms with van der Waals surface area (Å²) in [6.45, 7) is 7.66. The summed E-state index contributed by atoms with van der Waals surface area (Å²) in [4.78, 5) is 0. The van der Waals surface area contributed by atoms with Crippen molar-refractivity contribution in [2.75, 3.05) is 6.61 Å². The van der Waals surface area contributed by atoms with Crippen molar-refractivity contribution in [1.82, 2.24) is 6.15 Å². The standard InChI is InChI=1S/C24H50O4S.H3N/c1-5-7-8-9-10-11-12-13-14-15-16-17-18-19-20-21-22-23-24(3,4)28-29(25,26)27-6-2;/h5-23H2,1-4H3;1H3. The molecule has 184 valence electrons. The van der Waals surface area contributed by atoms with E-state index in [-0.39, 0.29) is 12.8 Å². The summed E-state index contributed by atoms with van der Waals surface area (Å²) in [6, 6.07) is 0. The molecule has 0 aliphatic rings. The molecule has 0 heterocycles. The van der Waals surface area contributed by atoms with Gasteiger partial charge in [0.2, 0.25) is 0 Å². The second-order valence-electron chi connectivity index (χ2n) is 9.06. The minimum Gasteiger partial charge on any atom is -0.344 e. The van der Waals surface area contributed by atoms with Gasteiger partial charge in [-0.25, -0.2) is 8.37 Å². The zero-order valence-electron chi connectivity index (χ0n) is 20.7. The van der Waals surface area contributed by atoms with E-state index in [0.717, 1.165) is 19.3 Å². The van der Waals surface area contributed by atoms with E-state index < -0.39 is 16.0 Å². The van der Waals surface area contributed by atoms with Crippen molar-refractivity contribution < 1.29 is 16.8 Å². The lowest BCUT2D eigenvalue weighted by Crippen LogP contribution is -2.29. The molecule has 0 saturated heterocycles. The minimum absolute atomic E-state index is 0. The van der Waals surface area contributed by atoms with Crippen LogP contribution in [-0.4, -0.2) is 20.6 Å². The molecule has 0 rings (SSSR count). The van der Waals surface area contributed by atoms with Crippen LogP contribution in [0.5, 0.6) is 0 Å². The Morgan fingerprint density at radius 3 is 1.27 bits per heavy atom. The first-order chi connectivity index (χ1) is 13.8. The van der Waals surface area contributed by atoms with E-state index in [1.165, 1.54) is 96.3 Å². The third-order valence-electron chi connectivity index (χ3n) is 5.47. The van der Waals surface area contributed by atoms with E-state index in [1.807, 2.05) is 13.8 Å². The van der Waals surface area contributed by atoms with Crippen LogP contribution in [0.4, 0.5) is 0 Å². The Balaban J connectivity index is 0. The Morgan fingerprint density at radius 2 is 0.933 bits per heavy atom. The van der Waals surface area contributed by atoms with Gasteiger partial charge in [-0.2, -0.15) is 8.42 Å². The summed E-state index contributed by atoms with van der Waals surface area (Å²) in [7, 11) is -3.86. The van der Waals surface area contributed by atoms with Crippen molar-refractivity contribution in [3.05, 3.63) is 0 Å². The summed E-state index contributed by atoms with van der Waals surface area (Å²) in [5.74, 6) is 0. The maximum atomic E-state index is 11.6. The summed E-state index contributed by atoms with van der Waals surface area (Å²) in [6.07, 6.45) is 23.6. The third kappa shape index (κ3) is 22.5. The average Bonchev–Trinajstić information content (AvgIpc) is 2.63. The Labute approximate surface area is 189 Å². The van der Waals surface area contributed by atoms with Crippen molar-refractivity contribution in [2.45, 2.75) is 149 Å². The van der Waals surface area contributed by atoms with Crippen LogP contribution in [0.15, 0.2) is 0 Å². The Kier molecular flexibility index (Phi) is 22.1. The molecule has 0 aromatic rings. The van der Waals surface area contributed by atoms with Gasteiger partial charge in [0.1, 0.15) is 0 Å². The normalized spacial score (nSPS) is 12.1. The van der Waals surface area contributed by atoms with Crippen molar-refractivity contribution in [2.24, 2.45) is 0 Å². The number of rotatable bonds is 22. The highest BCUT2D eigenvalue weighted by Gasteiger charge is 2.26. The van der Waals surface area contributed by atoms with Gasteiger partial charge in [-0.1, -0.05) is 116 Å². The van der Waals surface area contributed by atoms with E-state index in [2.05, 4.69) is 11.1 Å². The molecule has 0 saturated carbocycles. The predicted molar refractivity (Wildman–Crippen MR) is 130 cm³/mol. The second-order valence-corrected chi connectivity index (χ2v) is 10.3. The molecule has 0 spiro atoms. The van der Waals surface area contributed by atoms with Gasteiger partial charge < -0.3 is 6.15 Å². The van der Waals surface area contributed by atoms with E-state index in [9.17, 15) is 8.42 Å². The molecule has 0 unspecified atom stereocenters. The molecule has 0 atom stereocenters. The molecule has 0 aromatic heterocycles. The molecular weight excluding hydrogens is 398 g/mol. The summed E-state index contributed by atoms with van der Waals surface area (Å²) in [5.41, 5.74) is -0.691. The van der Waals surface area contributed by atoms with Crippen LogP contribution >= 0.6 is 0 Å². The van der Waals surface area contributed by atoms with Crippen molar-refractivity contribution in [3.8, 4) is 0 Å². The first-order valence-electron chi connectivity index (χ1n) is 12.4. The maximum Gasteiger partial charge on any atom is 0.400 e. The first-order valence-corrected chi connectivity index (χ1v) is 13.8. The van der Waals surface area contributed by atoms with Gasteiger partial charge in [0.15, 0.2) is 0 Å². The highest BCUT2D eigenvalue weighted by atomic mass is 32.3. The van der Waals surface area contributed by atoms with E-state index in [0.29, 0.717) is 0 Å². The Hall–Kier alpha value is -0.170. The molecule has 30 heavy (non-hydrogen) atoms. The smallest absolute Gasteiger partial charge is 0.344 e. The highest BCUT2D eigenvalue weighted by molar-refractivity contribution is 7.81. The van der Waals surface area contributed by atoms with Gasteiger partial charge in [-0.05, 0) is 27.2 Å². The van der Waals surface area contributed by atoms with E-state index >= 15 is 0 Å². The van der Waals surface area contributed by atoms with Crippen LogP contribution in [-0.2, 0) is 18.8 Å². The Bertz CT molecular complexity index is 452. The second kappa shape index (κ2) is 20.7. The molecule has 0 fully saturated rings. The number of unbranched alkanes of at least 4 members (excludes halogenated alkanes) is 16. The van der Waals surface area contributed by atoms with Crippen LogP contribution in [0.2, 0.25) is 0 Å². The zero-order valence-corrected chi connectivity index (χ0v) is 21.5. The van der Waals surface area contributed by atoms with Crippen LogP contribution in [0.1, 0.15) is 143 Å². The van der Waals surface area contributed by atoms with Gasteiger partial charge in [-0.15, -0.1) is 0 Å². The molecule has 0 amide bonds.